The molecule has 1 saturated carbocycles. The van der Waals surface area contributed by atoms with E-state index in [9.17, 15) is 9.18 Å². The topological polar surface area (TPSA) is 131 Å². The van der Waals surface area contributed by atoms with Crippen molar-refractivity contribution in [3.63, 3.8) is 0 Å². The summed E-state index contributed by atoms with van der Waals surface area (Å²) in [6, 6.07) is 2.13. The SMILES string of the molecule is NC(=O)c1cc(F)c(NC2CCCCC2N)nc1Nc1ccnc(N2CCOCC2)c1F. The molecule has 2 aliphatic rings. The molecule has 0 bridgehead atoms. The van der Waals surface area contributed by atoms with Gasteiger partial charge in [-0.05, 0) is 25.0 Å². The molecule has 0 radical (unpaired) electrons. The average molecular weight is 447 g/mol. The molecule has 2 atom stereocenters. The Hall–Kier alpha value is -3.05. The average Bonchev–Trinajstić information content (AvgIpc) is 2.79. The Bertz CT molecular complexity index is 985. The van der Waals surface area contributed by atoms with Crippen molar-refractivity contribution < 1.29 is 18.3 Å². The van der Waals surface area contributed by atoms with E-state index in [1.165, 1.54) is 12.3 Å². The fourth-order valence-electron chi connectivity index (χ4n) is 4.04. The van der Waals surface area contributed by atoms with Gasteiger partial charge < -0.3 is 31.7 Å². The van der Waals surface area contributed by atoms with Crippen LogP contribution in [0, 0.1) is 11.6 Å². The zero-order valence-electron chi connectivity index (χ0n) is 17.6. The highest BCUT2D eigenvalue weighted by atomic mass is 19.1. The van der Waals surface area contributed by atoms with Crippen molar-refractivity contribution >= 4 is 29.0 Å². The maximum atomic E-state index is 15.2. The molecule has 1 aliphatic heterocycles. The van der Waals surface area contributed by atoms with Crippen LogP contribution in [0.4, 0.5) is 31.9 Å². The van der Waals surface area contributed by atoms with Crippen LogP contribution in [0.5, 0.6) is 0 Å². The van der Waals surface area contributed by atoms with Gasteiger partial charge in [0, 0.05) is 31.4 Å². The number of rotatable bonds is 6. The number of primary amides is 1. The van der Waals surface area contributed by atoms with Crippen LogP contribution in [0.15, 0.2) is 18.3 Å². The van der Waals surface area contributed by atoms with Gasteiger partial charge in [-0.25, -0.2) is 18.7 Å². The van der Waals surface area contributed by atoms with Crippen LogP contribution in [-0.4, -0.2) is 54.3 Å². The zero-order chi connectivity index (χ0) is 22.7. The fourth-order valence-corrected chi connectivity index (χ4v) is 4.04. The van der Waals surface area contributed by atoms with Crippen LogP contribution < -0.4 is 27.0 Å². The second-order valence-electron chi connectivity index (χ2n) is 8.00. The number of nitrogens with one attached hydrogen (secondary N) is 2. The van der Waals surface area contributed by atoms with Crippen LogP contribution in [0.1, 0.15) is 36.0 Å². The lowest BCUT2D eigenvalue weighted by atomic mass is 9.91. The van der Waals surface area contributed by atoms with Crippen molar-refractivity contribution in [3.8, 4) is 0 Å². The molecule has 1 saturated heterocycles. The second-order valence-corrected chi connectivity index (χ2v) is 8.00. The van der Waals surface area contributed by atoms with Gasteiger partial charge in [0.15, 0.2) is 23.3 Å². The number of carbonyl (C=O) groups is 1. The van der Waals surface area contributed by atoms with E-state index in [4.69, 9.17) is 16.2 Å². The first kappa shape index (κ1) is 22.2. The summed E-state index contributed by atoms with van der Waals surface area (Å²) in [6.07, 6.45) is 5.06. The smallest absolute Gasteiger partial charge is 0.252 e. The third kappa shape index (κ3) is 4.73. The summed E-state index contributed by atoms with van der Waals surface area (Å²) < 4.78 is 35.2. The molecule has 6 N–H and O–H groups in total. The van der Waals surface area contributed by atoms with Crippen LogP contribution in [0.2, 0.25) is 0 Å². The number of pyridine rings is 2. The van der Waals surface area contributed by atoms with E-state index in [0.29, 0.717) is 26.3 Å². The summed E-state index contributed by atoms with van der Waals surface area (Å²) in [5.41, 5.74) is 11.4. The highest BCUT2D eigenvalue weighted by molar-refractivity contribution is 5.98. The minimum absolute atomic E-state index is 0.0448. The molecule has 0 spiro atoms. The standard InChI is InChI=1S/C21H27F2N7O2/c22-13-11-12(18(25)31)19(29-20(13)27-15-4-2-1-3-14(15)24)28-16-5-6-26-21(17(16)23)30-7-9-32-10-8-30/h5-6,11,14-15H,1-4,7-10,24H2,(H2,25,31)(H2,26,27,28,29). The van der Waals surface area contributed by atoms with E-state index in [-0.39, 0.29) is 40.8 Å². The molecule has 2 aromatic rings. The molecule has 1 amide bonds. The minimum atomic E-state index is -0.886. The highest BCUT2D eigenvalue weighted by Gasteiger charge is 2.25. The van der Waals surface area contributed by atoms with Gasteiger partial charge in [-0.2, -0.15) is 0 Å². The number of nitrogens with zero attached hydrogens (tertiary/aromatic N) is 3. The van der Waals surface area contributed by atoms with Crippen LogP contribution in [0.25, 0.3) is 0 Å². The summed E-state index contributed by atoms with van der Waals surface area (Å²) in [7, 11) is 0. The van der Waals surface area contributed by atoms with Gasteiger partial charge in [0.1, 0.15) is 5.82 Å². The van der Waals surface area contributed by atoms with Crippen LogP contribution in [0.3, 0.4) is 0 Å². The van der Waals surface area contributed by atoms with Gasteiger partial charge in [-0.1, -0.05) is 12.8 Å². The minimum Gasteiger partial charge on any atom is -0.378 e. The monoisotopic (exact) mass is 447 g/mol. The quantitative estimate of drug-likeness (QED) is 0.530. The number of ether oxygens (including phenoxy) is 1. The Morgan fingerprint density at radius 2 is 1.94 bits per heavy atom. The molecule has 0 aromatic carbocycles. The van der Waals surface area contributed by atoms with E-state index in [2.05, 4.69) is 20.6 Å². The van der Waals surface area contributed by atoms with Gasteiger partial charge >= 0.3 is 0 Å². The number of hydrogen-bond acceptors (Lipinski definition) is 8. The first-order valence-electron chi connectivity index (χ1n) is 10.7. The number of hydrogen-bond donors (Lipinski definition) is 4. The number of nitrogens with two attached hydrogens (primary N) is 2. The Morgan fingerprint density at radius 1 is 1.19 bits per heavy atom. The molecule has 11 heteroatoms. The number of aromatic nitrogens is 2. The molecular weight excluding hydrogens is 420 g/mol. The largest absolute Gasteiger partial charge is 0.378 e. The fraction of sp³-hybridized carbons (Fsp3) is 0.476. The van der Waals surface area contributed by atoms with Crippen molar-refractivity contribution in [2.24, 2.45) is 11.5 Å². The molecule has 2 aromatic heterocycles. The van der Waals surface area contributed by atoms with Gasteiger partial charge in [0.05, 0.1) is 24.5 Å². The summed E-state index contributed by atoms with van der Waals surface area (Å²) in [4.78, 5) is 22.1. The number of halogens is 2. The Balaban J connectivity index is 1.64. The molecule has 9 nitrogen and oxygen atoms in total. The van der Waals surface area contributed by atoms with Gasteiger partial charge in [0.2, 0.25) is 0 Å². The first-order chi connectivity index (χ1) is 15.4. The summed E-state index contributed by atoms with van der Waals surface area (Å²) >= 11 is 0. The number of anilines is 4. The van der Waals surface area contributed by atoms with Crippen molar-refractivity contribution in [1.82, 2.24) is 9.97 Å². The number of morpholine rings is 1. The zero-order valence-corrected chi connectivity index (χ0v) is 17.6. The molecule has 1 aliphatic carbocycles. The molecule has 2 fully saturated rings. The predicted molar refractivity (Wildman–Crippen MR) is 117 cm³/mol. The second kappa shape index (κ2) is 9.61. The van der Waals surface area contributed by atoms with E-state index >= 15 is 4.39 Å². The van der Waals surface area contributed by atoms with Crippen LogP contribution >= 0.6 is 0 Å². The predicted octanol–water partition coefficient (Wildman–Crippen LogP) is 2.12. The van der Waals surface area contributed by atoms with Gasteiger partial charge in [0.25, 0.3) is 5.91 Å². The maximum absolute atomic E-state index is 15.2. The van der Waals surface area contributed by atoms with Crippen molar-refractivity contribution in [3.05, 3.63) is 35.5 Å². The summed E-state index contributed by atoms with van der Waals surface area (Å²) in [5.74, 6) is -2.19. The van der Waals surface area contributed by atoms with Crippen molar-refractivity contribution in [2.75, 3.05) is 41.8 Å². The first-order valence-corrected chi connectivity index (χ1v) is 10.7. The third-order valence-electron chi connectivity index (χ3n) is 5.82. The molecule has 4 rings (SSSR count). The summed E-state index contributed by atoms with van der Waals surface area (Å²) in [5, 5.41) is 5.83. The van der Waals surface area contributed by atoms with E-state index in [1.54, 1.807) is 4.90 Å². The normalized spacial score (nSPS) is 21.3. The molecule has 3 heterocycles. The lowest BCUT2D eigenvalue weighted by Crippen LogP contribution is -2.43. The van der Waals surface area contributed by atoms with E-state index in [1.807, 2.05) is 0 Å². The lowest BCUT2D eigenvalue weighted by molar-refractivity contribution is 0.100. The van der Waals surface area contributed by atoms with Crippen molar-refractivity contribution in [2.45, 2.75) is 37.8 Å². The number of carbonyl (C=O) groups excluding carboxylic acids is 1. The van der Waals surface area contributed by atoms with Gasteiger partial charge in [-0.15, -0.1) is 0 Å². The van der Waals surface area contributed by atoms with Crippen LogP contribution in [-0.2, 0) is 4.74 Å². The third-order valence-corrected chi connectivity index (χ3v) is 5.82. The highest BCUT2D eigenvalue weighted by Crippen LogP contribution is 2.30. The number of amides is 1. The molecular formula is C21H27F2N7O2. The molecule has 2 unspecified atom stereocenters. The Kier molecular flexibility index (Phi) is 6.66. The Morgan fingerprint density at radius 3 is 2.66 bits per heavy atom. The van der Waals surface area contributed by atoms with E-state index in [0.717, 1.165) is 31.7 Å². The Labute approximate surface area is 184 Å². The molecule has 172 valence electrons. The summed E-state index contributed by atoms with van der Waals surface area (Å²) in [6.45, 7) is 1.96. The lowest BCUT2D eigenvalue weighted by Gasteiger charge is -2.30. The molecule has 32 heavy (non-hydrogen) atoms. The maximum Gasteiger partial charge on any atom is 0.252 e. The van der Waals surface area contributed by atoms with E-state index < -0.39 is 17.5 Å². The van der Waals surface area contributed by atoms with Gasteiger partial charge in [-0.3, -0.25) is 4.79 Å². The van der Waals surface area contributed by atoms with Crippen molar-refractivity contribution in [1.29, 1.82) is 0 Å².